The molecule has 0 spiro atoms. The summed E-state index contributed by atoms with van der Waals surface area (Å²) in [6.45, 7) is 7.52. The maximum atomic E-state index is 6.71. The number of ether oxygens (including phenoxy) is 1. The van der Waals surface area contributed by atoms with Gasteiger partial charge in [-0.1, -0.05) is 87.5 Å². The molecule has 2 aliphatic heterocycles. The highest BCUT2D eigenvalue weighted by Crippen LogP contribution is 2.44. The van der Waals surface area contributed by atoms with E-state index in [0.29, 0.717) is 0 Å². The van der Waals surface area contributed by atoms with Crippen LogP contribution in [0.15, 0.2) is 151 Å². The first-order chi connectivity index (χ1) is 24.3. The van der Waals surface area contributed by atoms with E-state index in [9.17, 15) is 0 Å². The molecule has 2 aromatic heterocycles. The number of hydrogen-bond donors (Lipinski definition) is 0. The first-order valence-corrected chi connectivity index (χ1v) is 17.2. The molecule has 0 aliphatic carbocycles. The Morgan fingerprint density at radius 2 is 1.38 bits per heavy atom. The lowest BCUT2D eigenvalue weighted by Gasteiger charge is -2.41. The molecule has 9 rings (SSSR count). The topological polar surface area (TPSA) is 36.8 Å². The number of benzene rings is 5. The first kappa shape index (κ1) is 30.1. The van der Waals surface area contributed by atoms with Gasteiger partial charge in [0.1, 0.15) is 17.3 Å². The van der Waals surface area contributed by atoms with Crippen LogP contribution in [0.5, 0.6) is 11.5 Å². The highest BCUT2D eigenvalue weighted by Gasteiger charge is 2.42. The summed E-state index contributed by atoms with van der Waals surface area (Å²) in [4.78, 5) is 12.0. The van der Waals surface area contributed by atoms with Gasteiger partial charge in [-0.2, -0.15) is 0 Å². The van der Waals surface area contributed by atoms with Crippen molar-refractivity contribution in [2.75, 3.05) is 28.3 Å². The average Bonchev–Trinajstić information content (AvgIpc) is 3.72. The molecule has 0 fully saturated rings. The van der Waals surface area contributed by atoms with Gasteiger partial charge in [-0.25, -0.2) is 4.98 Å². The van der Waals surface area contributed by atoms with Crippen molar-refractivity contribution in [3.05, 3.63) is 157 Å². The summed E-state index contributed by atoms with van der Waals surface area (Å²) < 4.78 is 8.97. The average molecular weight is 652 g/mol. The van der Waals surface area contributed by atoms with Crippen LogP contribution >= 0.6 is 0 Å². The lowest BCUT2D eigenvalue weighted by Crippen LogP contribution is -2.55. The Balaban J connectivity index is 1.12. The van der Waals surface area contributed by atoms with E-state index in [1.165, 1.54) is 38.8 Å². The Labute approximate surface area is 293 Å². The van der Waals surface area contributed by atoms with E-state index >= 15 is 0 Å². The van der Waals surface area contributed by atoms with Crippen molar-refractivity contribution in [3.63, 3.8) is 0 Å². The minimum absolute atomic E-state index is 0.00880. The molecule has 0 unspecified atom stereocenters. The number of nitrogens with zero attached hydrogens (tertiary/aromatic N) is 5. The predicted octanol–water partition coefficient (Wildman–Crippen LogP) is 9.28. The van der Waals surface area contributed by atoms with E-state index in [0.717, 1.165) is 40.7 Å². The normalized spacial score (nSPS) is 14.3. The monoisotopic (exact) mass is 651 g/mol. The van der Waals surface area contributed by atoms with Gasteiger partial charge in [0, 0.05) is 52.3 Å². The van der Waals surface area contributed by atoms with E-state index < -0.39 is 0 Å². The summed E-state index contributed by atoms with van der Waals surface area (Å²) in [5.74, 6) is 2.48. The van der Waals surface area contributed by atoms with Crippen molar-refractivity contribution >= 4 is 51.2 Å². The molecule has 5 aromatic carbocycles. The number of rotatable bonds is 5. The van der Waals surface area contributed by atoms with E-state index in [-0.39, 0.29) is 12.3 Å². The smallest absolute Gasteiger partial charge is 0.342 e. The van der Waals surface area contributed by atoms with Crippen molar-refractivity contribution in [1.29, 1.82) is 0 Å². The molecule has 0 radical (unpaired) electrons. The van der Waals surface area contributed by atoms with E-state index in [1.54, 1.807) is 0 Å². The van der Waals surface area contributed by atoms with Crippen molar-refractivity contribution in [2.45, 2.75) is 26.2 Å². The fourth-order valence-electron chi connectivity index (χ4n) is 7.57. The van der Waals surface area contributed by atoms with Gasteiger partial charge in [0.05, 0.1) is 23.4 Å². The minimum Gasteiger partial charge on any atom is -0.457 e. The lowest BCUT2D eigenvalue weighted by atomic mass is 9.50. The number of hydrogen-bond acceptors (Lipinski definition) is 5. The molecular weight excluding hydrogens is 613 g/mol. The second-order valence-electron chi connectivity index (χ2n) is 14.3. The minimum atomic E-state index is 0.00880. The third-order valence-corrected chi connectivity index (χ3v) is 10.1. The molecule has 7 aromatic rings. The van der Waals surface area contributed by atoms with Gasteiger partial charge in [-0.05, 0) is 78.1 Å². The Bertz CT molecular complexity index is 2410. The van der Waals surface area contributed by atoms with Crippen LogP contribution in [-0.2, 0) is 5.41 Å². The molecule has 6 nitrogen and oxygen atoms in total. The van der Waals surface area contributed by atoms with Crippen LogP contribution in [0.1, 0.15) is 26.3 Å². The van der Waals surface area contributed by atoms with Crippen LogP contribution in [0.3, 0.4) is 0 Å². The molecule has 244 valence electrons. The van der Waals surface area contributed by atoms with Gasteiger partial charge in [-0.3, -0.25) is 4.57 Å². The lowest BCUT2D eigenvalue weighted by molar-refractivity contribution is 0.483. The fourth-order valence-corrected chi connectivity index (χ4v) is 7.57. The Morgan fingerprint density at radius 3 is 2.18 bits per heavy atom. The van der Waals surface area contributed by atoms with Crippen molar-refractivity contribution in [3.8, 4) is 17.3 Å². The molecule has 0 saturated carbocycles. The van der Waals surface area contributed by atoms with Crippen molar-refractivity contribution in [2.24, 2.45) is 0 Å². The third-order valence-electron chi connectivity index (χ3n) is 10.1. The standard InChI is InChI=1S/C43H38BN5O/c1-43(2,3)30-23-24-45-42(25-30)49-37-18-12-11-17-35(37)36-21-19-33(26-39(36)49)50-34-20-22-38-40(27-34)48-29-47(32-15-9-6-10-16-32)28-41(48)44(46(38)4)31-13-7-5-8-14-31/h5-28H,29H2,1-4H3. The molecule has 4 heterocycles. The Kier molecular flexibility index (Phi) is 6.99. The van der Waals surface area contributed by atoms with Crippen molar-refractivity contribution in [1.82, 2.24) is 9.55 Å². The number of fused-ring (bicyclic) bond motifs is 6. The maximum absolute atomic E-state index is 6.71. The summed E-state index contributed by atoms with van der Waals surface area (Å²) >= 11 is 0. The van der Waals surface area contributed by atoms with Crippen LogP contribution in [-0.4, -0.2) is 30.1 Å². The molecule has 0 saturated heterocycles. The zero-order valence-electron chi connectivity index (χ0n) is 28.8. The summed E-state index contributed by atoms with van der Waals surface area (Å²) in [6, 6.07) is 47.1. The molecule has 7 heteroatoms. The first-order valence-electron chi connectivity index (χ1n) is 17.2. The number of para-hydroxylation sites is 2. The summed E-state index contributed by atoms with van der Waals surface area (Å²) in [5, 5.41) is 2.36. The second-order valence-corrected chi connectivity index (χ2v) is 14.3. The van der Waals surface area contributed by atoms with Crippen LogP contribution in [0.25, 0.3) is 27.6 Å². The van der Waals surface area contributed by atoms with E-state index in [1.807, 2.05) is 6.20 Å². The maximum Gasteiger partial charge on any atom is 0.342 e. The quantitative estimate of drug-likeness (QED) is 0.174. The van der Waals surface area contributed by atoms with E-state index in [2.05, 4.69) is 187 Å². The fraction of sp³-hybridized carbons (Fsp3) is 0.140. The number of anilines is 3. The van der Waals surface area contributed by atoms with Crippen LogP contribution in [0, 0.1) is 0 Å². The molecule has 0 N–H and O–H groups in total. The third kappa shape index (κ3) is 5.00. The van der Waals surface area contributed by atoms with Crippen LogP contribution in [0.2, 0.25) is 0 Å². The van der Waals surface area contributed by atoms with Crippen LogP contribution < -0.4 is 24.8 Å². The SMILES string of the molecule is CN1B(c2ccccc2)C2=CN(c3ccccc3)CN2c2cc(Oc3ccc4c5ccccc5n(-c5cc(C(C)(C)C)ccn5)c4c3)ccc21. The number of pyridine rings is 1. The number of aromatic nitrogens is 2. The van der Waals surface area contributed by atoms with Gasteiger partial charge < -0.3 is 19.3 Å². The molecule has 50 heavy (non-hydrogen) atoms. The summed E-state index contributed by atoms with van der Waals surface area (Å²) in [7, 11) is 2.19. The molecule has 0 bridgehead atoms. The predicted molar refractivity (Wildman–Crippen MR) is 208 cm³/mol. The molecule has 0 amide bonds. The Hall–Kier alpha value is -5.95. The van der Waals surface area contributed by atoms with Crippen molar-refractivity contribution < 1.29 is 4.74 Å². The summed E-state index contributed by atoms with van der Waals surface area (Å²) in [5.41, 5.74) is 9.41. The van der Waals surface area contributed by atoms with E-state index in [4.69, 9.17) is 9.72 Å². The van der Waals surface area contributed by atoms with Gasteiger partial charge in [0.25, 0.3) is 0 Å². The van der Waals surface area contributed by atoms with Gasteiger partial charge in [-0.15, -0.1) is 0 Å². The summed E-state index contributed by atoms with van der Waals surface area (Å²) in [6.07, 6.45) is 4.22. The Morgan fingerprint density at radius 1 is 0.680 bits per heavy atom. The molecular formula is C43H38BN5O. The zero-order valence-corrected chi connectivity index (χ0v) is 28.8. The highest BCUT2D eigenvalue weighted by molar-refractivity contribution is 6.84. The van der Waals surface area contributed by atoms with Crippen LogP contribution in [0.4, 0.5) is 17.1 Å². The molecule has 0 atom stereocenters. The van der Waals surface area contributed by atoms with Gasteiger partial charge in [0.15, 0.2) is 0 Å². The van der Waals surface area contributed by atoms with Gasteiger partial charge >= 0.3 is 6.85 Å². The molecule has 2 aliphatic rings. The zero-order chi connectivity index (χ0) is 34.0. The highest BCUT2D eigenvalue weighted by atomic mass is 16.5. The second kappa shape index (κ2) is 11.6. The van der Waals surface area contributed by atoms with Gasteiger partial charge in [0.2, 0.25) is 0 Å². The largest absolute Gasteiger partial charge is 0.457 e.